The average Bonchev–Trinajstić information content (AvgIpc) is 3.22. The lowest BCUT2D eigenvalue weighted by Gasteiger charge is -2.42. The lowest BCUT2D eigenvalue weighted by Crippen LogP contribution is -2.53. The lowest BCUT2D eigenvalue weighted by atomic mass is 9.81. The molecular formula is C26H28ClFN4O3. The van der Waals surface area contributed by atoms with Crippen molar-refractivity contribution in [2.75, 3.05) is 20.1 Å². The number of phenols is 1. The van der Waals surface area contributed by atoms with Crippen LogP contribution in [0.1, 0.15) is 43.6 Å². The average molecular weight is 499 g/mol. The Balaban J connectivity index is 1.67. The Morgan fingerprint density at radius 3 is 2.71 bits per heavy atom. The predicted molar refractivity (Wildman–Crippen MR) is 132 cm³/mol. The molecule has 2 N–H and O–H groups in total. The predicted octanol–water partition coefficient (Wildman–Crippen LogP) is 4.67. The van der Waals surface area contributed by atoms with Crippen molar-refractivity contribution in [3.05, 3.63) is 64.1 Å². The van der Waals surface area contributed by atoms with Crippen molar-refractivity contribution in [2.45, 2.75) is 44.8 Å². The van der Waals surface area contributed by atoms with Gasteiger partial charge in [0.25, 0.3) is 5.91 Å². The van der Waals surface area contributed by atoms with Gasteiger partial charge in [0.1, 0.15) is 23.1 Å². The van der Waals surface area contributed by atoms with E-state index in [4.69, 9.17) is 11.6 Å². The molecule has 5 rings (SSSR count). The maximum atomic E-state index is 14.3. The van der Waals surface area contributed by atoms with Crippen molar-refractivity contribution in [3.63, 3.8) is 0 Å². The molecule has 7 nitrogen and oxygen atoms in total. The van der Waals surface area contributed by atoms with Crippen LogP contribution in [0.15, 0.2) is 36.4 Å². The van der Waals surface area contributed by atoms with E-state index in [2.05, 4.69) is 23.7 Å². The number of hydrogen-bond donors (Lipinski definition) is 2. The van der Waals surface area contributed by atoms with Gasteiger partial charge in [0.05, 0.1) is 5.02 Å². The van der Waals surface area contributed by atoms with E-state index in [1.54, 1.807) is 36.1 Å². The molecular weight excluding hydrogens is 471 g/mol. The van der Waals surface area contributed by atoms with Crippen LogP contribution >= 0.6 is 11.6 Å². The third-order valence-electron chi connectivity index (χ3n) is 7.45. The molecule has 3 amide bonds. The van der Waals surface area contributed by atoms with Gasteiger partial charge >= 0.3 is 6.03 Å². The van der Waals surface area contributed by atoms with Gasteiger partial charge in [0.15, 0.2) is 0 Å². The van der Waals surface area contributed by atoms with Gasteiger partial charge in [0.2, 0.25) is 0 Å². The fourth-order valence-corrected chi connectivity index (χ4v) is 5.43. The first kappa shape index (κ1) is 23.6. The first-order valence-corrected chi connectivity index (χ1v) is 12.0. The minimum atomic E-state index is -1.15. The molecule has 1 fully saturated rings. The van der Waals surface area contributed by atoms with Crippen molar-refractivity contribution in [2.24, 2.45) is 0 Å². The highest BCUT2D eigenvalue weighted by Gasteiger charge is 2.60. The molecule has 0 saturated carbocycles. The number of aromatic hydroxyl groups is 1. The standard InChI is InChI=1S/C26H28ClFN4O3/c1-14(2)30(4)8-9-31-24(34)26(3)13-18-17-11-19(27)20(28)12-21(17)29-22(18)23(32(26)25(31)35)15-6-5-7-16(33)10-15/h5-7,10-12,14,23,29,33H,8-9,13H2,1-4H3/t23-,26+/m1/s1. The number of imide groups is 1. The summed E-state index contributed by atoms with van der Waals surface area (Å²) in [7, 11) is 1.96. The Labute approximate surface area is 208 Å². The molecule has 0 unspecified atom stereocenters. The van der Waals surface area contributed by atoms with Crippen molar-refractivity contribution in [1.82, 2.24) is 19.7 Å². The normalized spacial score (nSPS) is 22.0. The molecule has 0 bridgehead atoms. The van der Waals surface area contributed by atoms with E-state index in [-0.39, 0.29) is 41.7 Å². The molecule has 2 aromatic carbocycles. The van der Waals surface area contributed by atoms with Crippen LogP contribution in [0.4, 0.5) is 9.18 Å². The number of urea groups is 1. The van der Waals surface area contributed by atoms with Crippen LogP contribution in [0, 0.1) is 5.82 Å². The largest absolute Gasteiger partial charge is 0.508 e. The minimum Gasteiger partial charge on any atom is -0.508 e. The number of aromatic nitrogens is 1. The molecule has 1 saturated heterocycles. The van der Waals surface area contributed by atoms with Crippen LogP contribution in [-0.2, 0) is 11.2 Å². The highest BCUT2D eigenvalue weighted by atomic mass is 35.5. The number of fused-ring (bicyclic) bond motifs is 4. The van der Waals surface area contributed by atoms with Crippen LogP contribution in [0.25, 0.3) is 10.9 Å². The van der Waals surface area contributed by atoms with Crippen molar-refractivity contribution in [1.29, 1.82) is 0 Å². The summed E-state index contributed by atoms with van der Waals surface area (Å²) in [5, 5.41) is 10.9. The summed E-state index contributed by atoms with van der Waals surface area (Å²) in [4.78, 5) is 35.9. The van der Waals surface area contributed by atoms with Crippen LogP contribution in [0.2, 0.25) is 5.02 Å². The summed E-state index contributed by atoms with van der Waals surface area (Å²) in [6.45, 7) is 6.72. The quantitative estimate of drug-likeness (QED) is 0.501. The zero-order valence-electron chi connectivity index (χ0n) is 20.1. The second-order valence-electron chi connectivity index (χ2n) is 9.96. The number of aromatic amines is 1. The first-order chi connectivity index (χ1) is 16.5. The van der Waals surface area contributed by atoms with Crippen LogP contribution in [-0.4, -0.2) is 68.4 Å². The number of hydrogen-bond acceptors (Lipinski definition) is 4. The van der Waals surface area contributed by atoms with E-state index in [1.165, 1.54) is 11.0 Å². The number of benzene rings is 2. The molecule has 2 aliphatic heterocycles. The third kappa shape index (κ3) is 3.58. The number of H-pyrrole nitrogens is 1. The van der Waals surface area contributed by atoms with Crippen molar-refractivity contribution in [3.8, 4) is 5.75 Å². The van der Waals surface area contributed by atoms with Crippen LogP contribution < -0.4 is 0 Å². The summed E-state index contributed by atoms with van der Waals surface area (Å²) in [6, 6.07) is 8.78. The van der Waals surface area contributed by atoms with E-state index < -0.39 is 17.4 Å². The first-order valence-electron chi connectivity index (χ1n) is 11.7. The van der Waals surface area contributed by atoms with Gasteiger partial charge in [-0.15, -0.1) is 0 Å². The van der Waals surface area contributed by atoms with Crippen molar-refractivity contribution < 1.29 is 19.1 Å². The topological polar surface area (TPSA) is 79.9 Å². The Morgan fingerprint density at radius 2 is 2.03 bits per heavy atom. The molecule has 1 aromatic heterocycles. The summed E-state index contributed by atoms with van der Waals surface area (Å²) < 4.78 is 14.3. The number of likely N-dealkylation sites (N-methyl/N-ethyl adjacent to an activating group) is 1. The minimum absolute atomic E-state index is 0.00652. The highest BCUT2D eigenvalue weighted by molar-refractivity contribution is 6.31. The number of nitrogens with zero attached hydrogens (tertiary/aromatic N) is 3. The lowest BCUT2D eigenvalue weighted by molar-refractivity contribution is -0.133. The summed E-state index contributed by atoms with van der Waals surface area (Å²) in [5.41, 5.74) is 1.55. The number of amides is 3. The monoisotopic (exact) mass is 498 g/mol. The molecule has 35 heavy (non-hydrogen) atoms. The Hall–Kier alpha value is -3.10. The van der Waals surface area contributed by atoms with Gasteiger partial charge in [-0.25, -0.2) is 9.18 Å². The Morgan fingerprint density at radius 1 is 1.29 bits per heavy atom. The van der Waals surface area contributed by atoms with E-state index in [0.29, 0.717) is 23.3 Å². The molecule has 0 radical (unpaired) electrons. The fourth-order valence-electron chi connectivity index (χ4n) is 5.26. The number of halogens is 2. The van der Waals surface area contributed by atoms with Gasteiger partial charge in [-0.1, -0.05) is 23.7 Å². The summed E-state index contributed by atoms with van der Waals surface area (Å²) >= 11 is 6.11. The Bertz CT molecular complexity index is 1360. The van der Waals surface area contributed by atoms with E-state index >= 15 is 0 Å². The number of rotatable bonds is 5. The van der Waals surface area contributed by atoms with Crippen LogP contribution in [0.3, 0.4) is 0 Å². The van der Waals surface area contributed by atoms with E-state index in [9.17, 15) is 19.1 Å². The summed E-state index contributed by atoms with van der Waals surface area (Å²) in [5.74, 6) is -0.765. The molecule has 0 aliphatic carbocycles. The third-order valence-corrected chi connectivity index (χ3v) is 7.74. The maximum absolute atomic E-state index is 14.3. The SMILES string of the molecule is CC(C)N(C)CCN1C(=O)N2[C@H](c3cccc(O)c3)c3[nH]c4cc(F)c(Cl)cc4c3C[C@@]2(C)C1=O. The zero-order valence-corrected chi connectivity index (χ0v) is 20.9. The molecule has 3 aromatic rings. The van der Waals surface area contributed by atoms with Gasteiger partial charge in [-0.2, -0.15) is 0 Å². The molecule has 2 atom stereocenters. The van der Waals surface area contributed by atoms with E-state index in [0.717, 1.165) is 10.9 Å². The van der Waals surface area contributed by atoms with Gasteiger partial charge in [0, 0.05) is 42.1 Å². The molecule has 2 aliphatic rings. The number of carbonyl (C=O) groups excluding carboxylic acids is 2. The maximum Gasteiger partial charge on any atom is 0.328 e. The molecule has 0 spiro atoms. The van der Waals surface area contributed by atoms with Crippen molar-refractivity contribution >= 4 is 34.4 Å². The number of phenolic OH excluding ortho intramolecular Hbond substituents is 1. The highest BCUT2D eigenvalue weighted by Crippen LogP contribution is 2.49. The molecule has 184 valence electrons. The second-order valence-corrected chi connectivity index (χ2v) is 10.4. The van der Waals surface area contributed by atoms with Gasteiger partial charge < -0.3 is 15.0 Å². The van der Waals surface area contributed by atoms with Crippen LogP contribution in [0.5, 0.6) is 5.75 Å². The zero-order chi connectivity index (χ0) is 25.2. The fraction of sp³-hybridized carbons (Fsp3) is 0.385. The van der Waals surface area contributed by atoms with E-state index in [1.807, 2.05) is 13.1 Å². The Kier molecular flexibility index (Phi) is 5.56. The molecule has 9 heteroatoms. The smallest absolute Gasteiger partial charge is 0.328 e. The summed E-state index contributed by atoms with van der Waals surface area (Å²) in [6.07, 6.45) is 0.265. The number of nitrogens with one attached hydrogen (secondary N) is 1. The van der Waals surface area contributed by atoms with Gasteiger partial charge in [-0.05, 0) is 63.2 Å². The molecule has 3 heterocycles. The second kappa shape index (κ2) is 8.24. The van der Waals surface area contributed by atoms with Gasteiger partial charge in [-0.3, -0.25) is 14.6 Å². The number of carbonyl (C=O) groups is 2.